The molecule has 0 unspecified atom stereocenters. The molecule has 1 aliphatic rings. The highest BCUT2D eigenvalue weighted by atomic mass is 31.2. The van der Waals surface area contributed by atoms with E-state index in [0.29, 0.717) is 0 Å². The maximum absolute atomic E-state index is 13.5. The molecule has 0 bridgehead atoms. The van der Waals surface area contributed by atoms with E-state index in [-0.39, 0.29) is 12.0 Å². The summed E-state index contributed by atoms with van der Waals surface area (Å²) in [5.74, 6) is -1.48. The van der Waals surface area contributed by atoms with E-state index in [2.05, 4.69) is 34.7 Å². The Morgan fingerprint density at radius 3 is 2.37 bits per heavy atom. The van der Waals surface area contributed by atoms with Crippen molar-refractivity contribution in [2.45, 2.75) is 57.6 Å². The highest BCUT2D eigenvalue weighted by Crippen LogP contribution is 2.41. The summed E-state index contributed by atoms with van der Waals surface area (Å²) in [6.45, 7) is 3.84. The molecule has 1 aromatic heterocycles. The normalized spacial score (nSPS) is 21.6. The summed E-state index contributed by atoms with van der Waals surface area (Å²) in [4.78, 5) is 52.5. The molecule has 1 aliphatic heterocycles. The van der Waals surface area contributed by atoms with Crippen molar-refractivity contribution in [2.75, 3.05) is 20.8 Å². The third kappa shape index (κ3) is 7.24. The number of aromatic amines is 1. The van der Waals surface area contributed by atoms with Gasteiger partial charge in [-0.25, -0.2) is 15.0 Å². The van der Waals surface area contributed by atoms with E-state index in [1.54, 1.807) is 0 Å². The van der Waals surface area contributed by atoms with Crippen molar-refractivity contribution in [3.05, 3.63) is 43.0 Å². The van der Waals surface area contributed by atoms with Gasteiger partial charge in [-0.2, -0.15) is 0 Å². The molecule has 1 saturated heterocycles. The Kier molecular flexibility index (Phi) is 9.77. The fourth-order valence-corrected chi connectivity index (χ4v) is 5.09. The van der Waals surface area contributed by atoms with E-state index >= 15 is 0 Å². The Balaban J connectivity index is 2.25. The molecule has 35 heavy (non-hydrogen) atoms. The molecule has 0 aliphatic carbocycles. The van der Waals surface area contributed by atoms with Crippen LogP contribution in [-0.4, -0.2) is 66.5 Å². The lowest BCUT2D eigenvalue weighted by Gasteiger charge is -2.27. The number of esters is 2. The molecule has 16 nitrogen and oxygen atoms in total. The second-order valence-corrected chi connectivity index (χ2v) is 9.59. The molecule has 0 amide bonds. The van der Waals surface area contributed by atoms with Gasteiger partial charge in [0.15, 0.2) is 0 Å². The second kappa shape index (κ2) is 12.1. The number of H-pyrrole nitrogens is 1. The van der Waals surface area contributed by atoms with Gasteiger partial charge in [-0.15, -0.1) is 0 Å². The largest absolute Gasteiger partial charge is 0.468 e. The number of rotatable bonds is 11. The van der Waals surface area contributed by atoms with Crippen molar-refractivity contribution in [3.8, 4) is 0 Å². The van der Waals surface area contributed by atoms with E-state index in [1.165, 1.54) is 27.0 Å². The molecule has 1 fully saturated rings. The van der Waals surface area contributed by atoms with E-state index in [0.717, 1.165) is 18.8 Å². The van der Waals surface area contributed by atoms with E-state index in [1.807, 2.05) is 0 Å². The molecule has 17 heteroatoms. The standard InChI is InChI=1S/C18H28N7O9P/c1-9-7-25(18(29)20-15(9)26)14-6-12(21-24-19)13(34-14)8-33-35(30,22-10(2)16(27)31-4)23-11(3)17(28)32-5/h7,10-14H,6,8H2,1-5H3,(H,20,26,29)(H2,22,23,30)/t10-,11-,12-,13+,14+/m0/s1. The molecular weight excluding hydrogens is 489 g/mol. The lowest BCUT2D eigenvalue weighted by Crippen LogP contribution is -2.42. The monoisotopic (exact) mass is 517 g/mol. The molecule has 5 atom stereocenters. The molecule has 0 radical (unpaired) electrons. The Labute approximate surface area is 199 Å². The van der Waals surface area contributed by atoms with Gasteiger partial charge in [-0.1, -0.05) is 5.11 Å². The Morgan fingerprint density at radius 2 is 1.86 bits per heavy atom. The van der Waals surface area contributed by atoms with E-state index in [9.17, 15) is 23.7 Å². The average Bonchev–Trinajstić information content (AvgIpc) is 3.21. The highest BCUT2D eigenvalue weighted by Gasteiger charge is 2.39. The van der Waals surface area contributed by atoms with Crippen molar-refractivity contribution in [2.24, 2.45) is 5.11 Å². The predicted molar refractivity (Wildman–Crippen MR) is 120 cm³/mol. The van der Waals surface area contributed by atoms with Gasteiger partial charge in [0.25, 0.3) is 5.56 Å². The van der Waals surface area contributed by atoms with E-state index < -0.39 is 67.9 Å². The van der Waals surface area contributed by atoms with Crippen LogP contribution in [0.5, 0.6) is 0 Å². The van der Waals surface area contributed by atoms with Crippen LogP contribution >= 0.6 is 7.67 Å². The Hall–Kier alpha value is -3.00. The SMILES string of the molecule is COC(=O)[C@H](C)NP(=O)(N[C@@H](C)C(=O)OC)OC[C@H]1O[C@@H](n2cc(C)c(=O)[nH]c2=O)C[C@@H]1N=[N+]=[N-]. The van der Waals surface area contributed by atoms with Crippen molar-refractivity contribution in [1.29, 1.82) is 0 Å². The van der Waals surface area contributed by atoms with Gasteiger partial charge < -0.3 is 18.7 Å². The number of hydrogen-bond acceptors (Lipinski definition) is 10. The number of azide groups is 1. The molecule has 3 N–H and O–H groups in total. The third-order valence-electron chi connectivity index (χ3n) is 5.12. The van der Waals surface area contributed by atoms with Gasteiger partial charge in [0.1, 0.15) is 18.3 Å². The first-order valence-corrected chi connectivity index (χ1v) is 12.0. The summed E-state index contributed by atoms with van der Waals surface area (Å²) in [5, 5.41) is 8.62. The van der Waals surface area contributed by atoms with Crippen LogP contribution in [0.2, 0.25) is 0 Å². The summed E-state index contributed by atoms with van der Waals surface area (Å²) < 4.78 is 35.2. The van der Waals surface area contributed by atoms with Crippen LogP contribution in [0, 0.1) is 6.92 Å². The Morgan fingerprint density at radius 1 is 1.29 bits per heavy atom. The van der Waals surface area contributed by atoms with Gasteiger partial charge in [-0.05, 0) is 26.3 Å². The van der Waals surface area contributed by atoms with Gasteiger partial charge in [0.2, 0.25) is 0 Å². The first kappa shape index (κ1) is 28.2. The second-order valence-electron chi connectivity index (χ2n) is 7.71. The fraction of sp³-hybridized carbons (Fsp3) is 0.667. The van der Waals surface area contributed by atoms with Crippen LogP contribution < -0.4 is 21.4 Å². The van der Waals surface area contributed by atoms with Gasteiger partial charge >= 0.3 is 25.3 Å². The Bertz CT molecular complexity index is 1120. The van der Waals surface area contributed by atoms with Crippen molar-refractivity contribution in [3.63, 3.8) is 0 Å². The summed E-state index contributed by atoms with van der Waals surface area (Å²) in [5.41, 5.74) is 7.94. The highest BCUT2D eigenvalue weighted by molar-refractivity contribution is 7.54. The lowest BCUT2D eigenvalue weighted by molar-refractivity contribution is -0.142. The predicted octanol–water partition coefficient (Wildman–Crippen LogP) is 0.238. The van der Waals surface area contributed by atoms with Crippen LogP contribution in [0.3, 0.4) is 0 Å². The molecule has 194 valence electrons. The summed E-state index contributed by atoms with van der Waals surface area (Å²) in [6.07, 6.45) is -0.503. The van der Waals surface area contributed by atoms with Crippen LogP contribution in [0.4, 0.5) is 0 Å². The molecule has 1 aromatic rings. The van der Waals surface area contributed by atoms with E-state index in [4.69, 9.17) is 14.8 Å². The summed E-state index contributed by atoms with van der Waals surface area (Å²) in [7, 11) is -1.82. The lowest BCUT2D eigenvalue weighted by atomic mass is 10.1. The minimum Gasteiger partial charge on any atom is -0.468 e. The molecule has 2 rings (SSSR count). The fourth-order valence-electron chi connectivity index (χ4n) is 3.28. The number of carbonyl (C=O) groups is 2. The number of carbonyl (C=O) groups excluding carboxylic acids is 2. The van der Waals surface area contributed by atoms with Crippen molar-refractivity contribution in [1.82, 2.24) is 19.7 Å². The van der Waals surface area contributed by atoms with Crippen LogP contribution in [0.15, 0.2) is 20.9 Å². The van der Waals surface area contributed by atoms with Gasteiger partial charge in [0.05, 0.1) is 33.0 Å². The quantitative estimate of drug-likeness (QED) is 0.119. The zero-order chi connectivity index (χ0) is 26.3. The molecule has 0 aromatic carbocycles. The number of aromatic nitrogens is 2. The topological polar surface area (TPSA) is 216 Å². The number of nitrogens with one attached hydrogen (secondary N) is 3. The zero-order valence-corrected chi connectivity index (χ0v) is 20.7. The maximum Gasteiger partial charge on any atom is 0.342 e. The number of ether oxygens (including phenoxy) is 3. The first-order valence-electron chi connectivity index (χ1n) is 10.4. The average molecular weight is 517 g/mol. The number of hydrogen-bond donors (Lipinski definition) is 3. The van der Waals surface area contributed by atoms with Crippen LogP contribution in [0.1, 0.15) is 32.1 Å². The minimum absolute atomic E-state index is 0.0613. The minimum atomic E-state index is -4.11. The van der Waals surface area contributed by atoms with Crippen molar-refractivity contribution >= 4 is 19.6 Å². The first-order chi connectivity index (χ1) is 16.4. The van der Waals surface area contributed by atoms with Crippen LogP contribution in [-0.2, 0) is 32.9 Å². The van der Waals surface area contributed by atoms with Gasteiger partial charge in [-0.3, -0.25) is 28.5 Å². The number of nitrogens with zero attached hydrogens (tertiary/aromatic N) is 4. The number of aryl methyl sites for hydroxylation is 1. The molecule has 0 saturated carbocycles. The zero-order valence-electron chi connectivity index (χ0n) is 19.8. The smallest absolute Gasteiger partial charge is 0.342 e. The molecular formula is C18H28N7O9P. The number of methoxy groups -OCH3 is 2. The summed E-state index contributed by atoms with van der Waals surface area (Å²) >= 11 is 0. The van der Waals surface area contributed by atoms with Crippen LogP contribution in [0.25, 0.3) is 10.4 Å². The molecule has 0 spiro atoms. The van der Waals surface area contributed by atoms with Gasteiger partial charge in [0, 0.05) is 23.1 Å². The maximum atomic E-state index is 13.5. The summed E-state index contributed by atoms with van der Waals surface area (Å²) in [6, 6.07) is -3.00. The van der Waals surface area contributed by atoms with Crippen molar-refractivity contribution < 1.29 is 32.9 Å². The third-order valence-corrected chi connectivity index (χ3v) is 7.08. The molecule has 2 heterocycles.